The van der Waals surface area contributed by atoms with E-state index in [0.717, 1.165) is 49.9 Å². The van der Waals surface area contributed by atoms with E-state index >= 15 is 0 Å². The van der Waals surface area contributed by atoms with Gasteiger partial charge in [0.1, 0.15) is 11.4 Å². The van der Waals surface area contributed by atoms with Crippen LogP contribution in [0.2, 0.25) is 0 Å². The third-order valence-corrected chi connectivity index (χ3v) is 4.63. The number of rotatable bonds is 7. The van der Waals surface area contributed by atoms with Crippen molar-refractivity contribution in [2.24, 2.45) is 4.99 Å². The number of hydrogen-bond acceptors (Lipinski definition) is 6. The van der Waals surface area contributed by atoms with Crippen molar-refractivity contribution in [2.45, 2.75) is 39.3 Å². The van der Waals surface area contributed by atoms with E-state index in [-0.39, 0.29) is 30.1 Å². The third-order valence-electron chi connectivity index (χ3n) is 4.63. The largest absolute Gasteiger partial charge is 0.444 e. The van der Waals surface area contributed by atoms with Crippen molar-refractivity contribution in [3.05, 3.63) is 23.9 Å². The first kappa shape index (κ1) is 27.2. The standard InChI is InChI=1S/C21H37N7O2.HI/c1-21(2,3)30-20(29)25-9-6-8-24-19(22-4)26-16-17-7-10-23-18(15-17)28-13-11-27(5)12-14-28;/h7,10,15H,6,8-9,11-14,16H2,1-5H3,(H,25,29)(H2,22,24,26);1H. The number of carbonyl (C=O) groups is 1. The average molecular weight is 547 g/mol. The van der Waals surface area contributed by atoms with E-state index < -0.39 is 5.60 Å². The topological polar surface area (TPSA) is 94.1 Å². The molecule has 1 aromatic heterocycles. The monoisotopic (exact) mass is 547 g/mol. The lowest BCUT2D eigenvalue weighted by atomic mass is 10.2. The molecule has 0 saturated carbocycles. The van der Waals surface area contributed by atoms with Crippen LogP contribution >= 0.6 is 24.0 Å². The summed E-state index contributed by atoms with van der Waals surface area (Å²) in [6, 6.07) is 4.15. The molecule has 2 heterocycles. The molecule has 10 heteroatoms. The number of aliphatic imine (C=N–C) groups is 1. The molecular weight excluding hydrogens is 509 g/mol. The second-order valence-corrected chi connectivity index (χ2v) is 8.45. The molecular formula is C21H38IN7O2. The minimum atomic E-state index is -0.481. The normalized spacial score (nSPS) is 15.1. The van der Waals surface area contributed by atoms with Crippen LogP contribution in [0.25, 0.3) is 0 Å². The Morgan fingerprint density at radius 2 is 1.84 bits per heavy atom. The van der Waals surface area contributed by atoms with Crippen molar-refractivity contribution >= 4 is 41.8 Å². The van der Waals surface area contributed by atoms with Crippen LogP contribution in [0.4, 0.5) is 10.6 Å². The molecule has 0 aromatic carbocycles. The number of nitrogens with zero attached hydrogens (tertiary/aromatic N) is 4. The average Bonchev–Trinajstić information content (AvgIpc) is 2.69. The Bertz CT molecular complexity index is 701. The maximum atomic E-state index is 11.6. The number of guanidine groups is 1. The van der Waals surface area contributed by atoms with Crippen LogP contribution in [0.1, 0.15) is 32.8 Å². The summed E-state index contributed by atoms with van der Waals surface area (Å²) in [5, 5.41) is 9.34. The minimum absolute atomic E-state index is 0. The van der Waals surface area contributed by atoms with Crippen LogP contribution < -0.4 is 20.9 Å². The van der Waals surface area contributed by atoms with Gasteiger partial charge in [-0.3, -0.25) is 4.99 Å². The Kier molecular flexibility index (Phi) is 11.9. The predicted octanol–water partition coefficient (Wildman–Crippen LogP) is 2.03. The van der Waals surface area contributed by atoms with Crippen molar-refractivity contribution < 1.29 is 9.53 Å². The molecule has 1 saturated heterocycles. The summed E-state index contributed by atoms with van der Waals surface area (Å²) in [5.74, 6) is 1.75. The fourth-order valence-corrected chi connectivity index (χ4v) is 2.99. The van der Waals surface area contributed by atoms with Crippen molar-refractivity contribution in [1.29, 1.82) is 0 Å². The number of pyridine rings is 1. The van der Waals surface area contributed by atoms with Crippen LogP contribution in [0.3, 0.4) is 0 Å². The highest BCUT2D eigenvalue weighted by molar-refractivity contribution is 14.0. The summed E-state index contributed by atoms with van der Waals surface area (Å²) in [6.45, 7) is 11.6. The zero-order chi connectivity index (χ0) is 22.0. The first-order chi connectivity index (χ1) is 14.3. The van der Waals surface area contributed by atoms with Crippen molar-refractivity contribution in [3.63, 3.8) is 0 Å². The number of likely N-dealkylation sites (N-methyl/N-ethyl adjacent to an activating group) is 1. The van der Waals surface area contributed by atoms with E-state index in [4.69, 9.17) is 4.74 Å². The number of alkyl carbamates (subject to hydrolysis) is 1. The molecule has 31 heavy (non-hydrogen) atoms. The van der Waals surface area contributed by atoms with Gasteiger partial charge in [0.25, 0.3) is 0 Å². The quantitative estimate of drug-likeness (QED) is 0.208. The summed E-state index contributed by atoms with van der Waals surface area (Å²) in [4.78, 5) is 25.1. The van der Waals surface area contributed by atoms with Gasteiger partial charge in [0.2, 0.25) is 0 Å². The maximum Gasteiger partial charge on any atom is 0.407 e. The molecule has 1 aromatic rings. The second kappa shape index (κ2) is 13.6. The summed E-state index contributed by atoms with van der Waals surface area (Å²) < 4.78 is 5.22. The molecule has 0 bridgehead atoms. The zero-order valence-electron chi connectivity index (χ0n) is 19.4. The Morgan fingerprint density at radius 3 is 2.48 bits per heavy atom. The first-order valence-corrected chi connectivity index (χ1v) is 10.6. The Morgan fingerprint density at radius 1 is 1.16 bits per heavy atom. The first-order valence-electron chi connectivity index (χ1n) is 10.6. The van der Waals surface area contributed by atoms with Crippen LogP contribution in [0.15, 0.2) is 23.3 Å². The number of hydrogen-bond donors (Lipinski definition) is 3. The highest BCUT2D eigenvalue weighted by Gasteiger charge is 2.16. The molecule has 3 N–H and O–H groups in total. The molecule has 1 aliphatic heterocycles. The number of aromatic nitrogens is 1. The summed E-state index contributed by atoms with van der Waals surface area (Å²) in [7, 11) is 3.90. The summed E-state index contributed by atoms with van der Waals surface area (Å²) >= 11 is 0. The van der Waals surface area contributed by atoms with Gasteiger partial charge in [0, 0.05) is 59.1 Å². The van der Waals surface area contributed by atoms with E-state index in [9.17, 15) is 4.79 Å². The Balaban J connectivity index is 0.00000480. The maximum absolute atomic E-state index is 11.6. The number of piperazine rings is 1. The van der Waals surface area contributed by atoms with Crippen LogP contribution in [-0.2, 0) is 11.3 Å². The highest BCUT2D eigenvalue weighted by atomic mass is 127. The SMILES string of the molecule is CN=C(NCCCNC(=O)OC(C)(C)C)NCc1ccnc(N2CCN(C)CC2)c1.I. The highest BCUT2D eigenvalue weighted by Crippen LogP contribution is 2.14. The van der Waals surface area contributed by atoms with Gasteiger partial charge in [0.05, 0.1) is 0 Å². The molecule has 0 radical (unpaired) electrons. The number of carbonyl (C=O) groups excluding carboxylic acids is 1. The van der Waals surface area contributed by atoms with Gasteiger partial charge >= 0.3 is 6.09 Å². The molecule has 2 rings (SSSR count). The molecule has 1 amide bonds. The van der Waals surface area contributed by atoms with Gasteiger partial charge in [-0.2, -0.15) is 0 Å². The molecule has 176 valence electrons. The molecule has 9 nitrogen and oxygen atoms in total. The fourth-order valence-electron chi connectivity index (χ4n) is 2.99. The van der Waals surface area contributed by atoms with Crippen LogP contribution in [-0.4, -0.2) is 80.9 Å². The fraction of sp³-hybridized carbons (Fsp3) is 0.667. The van der Waals surface area contributed by atoms with Crippen molar-refractivity contribution in [3.8, 4) is 0 Å². The van der Waals surface area contributed by atoms with Gasteiger partial charge in [-0.05, 0) is 51.9 Å². The third kappa shape index (κ3) is 10.9. The number of ether oxygens (including phenoxy) is 1. The zero-order valence-corrected chi connectivity index (χ0v) is 21.7. The van der Waals surface area contributed by atoms with E-state index in [2.05, 4.69) is 48.8 Å². The van der Waals surface area contributed by atoms with E-state index in [1.165, 1.54) is 0 Å². The molecule has 0 spiro atoms. The van der Waals surface area contributed by atoms with Crippen LogP contribution in [0, 0.1) is 0 Å². The van der Waals surface area contributed by atoms with Gasteiger partial charge in [-0.1, -0.05) is 0 Å². The van der Waals surface area contributed by atoms with E-state index in [0.29, 0.717) is 19.6 Å². The van der Waals surface area contributed by atoms with Crippen molar-refractivity contribution in [2.75, 3.05) is 58.3 Å². The Labute approximate surface area is 203 Å². The second-order valence-electron chi connectivity index (χ2n) is 8.45. The Hall–Kier alpha value is -1.82. The van der Waals surface area contributed by atoms with E-state index in [1.807, 2.05) is 33.0 Å². The lowest BCUT2D eigenvalue weighted by molar-refractivity contribution is 0.0527. The predicted molar refractivity (Wildman–Crippen MR) is 136 cm³/mol. The number of nitrogens with one attached hydrogen (secondary N) is 3. The number of halogens is 1. The summed E-state index contributed by atoms with van der Waals surface area (Å²) in [5.41, 5.74) is 0.680. The molecule has 0 unspecified atom stereocenters. The van der Waals surface area contributed by atoms with Gasteiger partial charge in [-0.15, -0.1) is 24.0 Å². The van der Waals surface area contributed by atoms with Crippen LogP contribution in [0.5, 0.6) is 0 Å². The lowest BCUT2D eigenvalue weighted by Crippen LogP contribution is -2.44. The van der Waals surface area contributed by atoms with Gasteiger partial charge in [-0.25, -0.2) is 9.78 Å². The molecule has 0 aliphatic carbocycles. The lowest BCUT2D eigenvalue weighted by Gasteiger charge is -2.33. The molecule has 1 aliphatic rings. The molecule has 1 fully saturated rings. The summed E-state index contributed by atoms with van der Waals surface area (Å²) in [6.07, 6.45) is 2.24. The smallest absolute Gasteiger partial charge is 0.407 e. The van der Waals surface area contributed by atoms with Crippen molar-refractivity contribution in [1.82, 2.24) is 25.8 Å². The number of anilines is 1. The molecule has 0 atom stereocenters. The van der Waals surface area contributed by atoms with E-state index in [1.54, 1.807) is 7.05 Å². The van der Waals surface area contributed by atoms with Gasteiger partial charge in [0.15, 0.2) is 5.96 Å². The minimum Gasteiger partial charge on any atom is -0.444 e. The number of amides is 1. The van der Waals surface area contributed by atoms with Gasteiger partial charge < -0.3 is 30.5 Å².